The van der Waals surface area contributed by atoms with E-state index in [0.717, 1.165) is 38.5 Å². The number of carboxylic acid groups (broad SMARTS) is 1. The van der Waals surface area contributed by atoms with E-state index < -0.39 is 5.97 Å². The largest absolute Gasteiger partial charge is 0.481 e. The van der Waals surface area contributed by atoms with Gasteiger partial charge in [-0.15, -0.1) is 0 Å². The minimum Gasteiger partial charge on any atom is -0.481 e. The van der Waals surface area contributed by atoms with Gasteiger partial charge in [-0.3, -0.25) is 37.1 Å². The van der Waals surface area contributed by atoms with Gasteiger partial charge in [0.2, 0.25) is 0 Å². The van der Waals surface area contributed by atoms with Crippen LogP contribution >= 0.6 is 23.2 Å². The Kier molecular flexibility index (Phi) is 23.6. The highest BCUT2D eigenvalue weighted by molar-refractivity contribution is 6.31. The van der Waals surface area contributed by atoms with E-state index in [0.29, 0.717) is 40.9 Å². The maximum absolute atomic E-state index is 10.2. The number of guanidine groups is 4. The molecule has 0 bridgehead atoms. The molecule has 0 radical (unpaired) electrons. The molecule has 0 aliphatic carbocycles. The van der Waals surface area contributed by atoms with Gasteiger partial charge in [-0.2, -0.15) is 0 Å². The summed E-state index contributed by atoms with van der Waals surface area (Å²) < 4.78 is 0. The van der Waals surface area contributed by atoms with E-state index in [1.54, 1.807) is 48.5 Å². The molecule has 2 rings (SSSR count). The maximum atomic E-state index is 10.2. The van der Waals surface area contributed by atoms with Gasteiger partial charge in [0.25, 0.3) is 0 Å². The number of unbranched alkanes of at least 4 members (excludes halogenated alkanes) is 11. The average molecular weight is 706 g/mol. The number of aliphatic carboxylic acids is 1. The lowest BCUT2D eigenvalue weighted by Gasteiger charge is -2.13. The molecule has 0 heterocycles. The SMILES string of the molecule is CCCCCCCCCCCC(=O)O.N=C(NCCCCCCNC(=N)NC(=N)Nc1ccc(Cl)cc1)NC(=N)Nc1ccc(Cl)cc1. The molecule has 48 heavy (non-hydrogen) atoms. The first-order chi connectivity index (χ1) is 23.1. The molecule has 0 saturated carbocycles. The van der Waals surface area contributed by atoms with Gasteiger partial charge in [-0.05, 0) is 67.8 Å². The zero-order valence-electron chi connectivity index (χ0n) is 28.0. The van der Waals surface area contributed by atoms with E-state index in [1.165, 1.54) is 44.9 Å². The third-order valence-electron chi connectivity index (χ3n) is 6.93. The van der Waals surface area contributed by atoms with Crippen molar-refractivity contribution in [3.05, 3.63) is 58.6 Å². The summed E-state index contributed by atoms with van der Waals surface area (Å²) in [6.07, 6.45) is 15.2. The lowest BCUT2D eigenvalue weighted by Crippen LogP contribution is -2.43. The van der Waals surface area contributed by atoms with Gasteiger partial charge in [0, 0.05) is 40.9 Å². The fourth-order valence-corrected chi connectivity index (χ4v) is 4.63. The van der Waals surface area contributed by atoms with Crippen LogP contribution < -0.4 is 31.9 Å². The number of halogens is 2. The Morgan fingerprint density at radius 3 is 1.29 bits per heavy atom. The number of carbonyl (C=O) groups is 1. The molecule has 0 spiro atoms. The van der Waals surface area contributed by atoms with Gasteiger partial charge in [-0.25, -0.2) is 0 Å². The third-order valence-corrected chi connectivity index (χ3v) is 7.43. The van der Waals surface area contributed by atoms with Crippen molar-refractivity contribution in [2.75, 3.05) is 23.7 Å². The number of nitrogens with one attached hydrogen (secondary N) is 10. The van der Waals surface area contributed by atoms with Crippen molar-refractivity contribution in [1.29, 1.82) is 21.6 Å². The van der Waals surface area contributed by atoms with E-state index in [-0.39, 0.29) is 23.8 Å². The first-order valence-electron chi connectivity index (χ1n) is 16.7. The molecule has 0 amide bonds. The summed E-state index contributed by atoms with van der Waals surface area (Å²) >= 11 is 11.7. The number of benzene rings is 2. The molecule has 0 aliphatic heterocycles. The molecule has 0 atom stereocenters. The second-order valence-corrected chi connectivity index (χ2v) is 12.1. The van der Waals surface area contributed by atoms with Crippen LogP contribution in [-0.2, 0) is 4.79 Å². The highest BCUT2D eigenvalue weighted by Crippen LogP contribution is 2.14. The maximum Gasteiger partial charge on any atom is 0.303 e. The Morgan fingerprint density at radius 2 is 0.917 bits per heavy atom. The minimum absolute atomic E-state index is 0.00148. The fourth-order valence-electron chi connectivity index (χ4n) is 4.37. The van der Waals surface area contributed by atoms with Crippen LogP contribution in [0.15, 0.2) is 48.5 Å². The Bertz CT molecular complexity index is 1150. The molecule has 2 aromatic carbocycles. The molecule has 0 aromatic heterocycles. The molecule has 266 valence electrons. The van der Waals surface area contributed by atoms with Crippen molar-refractivity contribution >= 4 is 64.4 Å². The van der Waals surface area contributed by atoms with Crippen molar-refractivity contribution < 1.29 is 9.90 Å². The van der Waals surface area contributed by atoms with Crippen molar-refractivity contribution in [3.63, 3.8) is 0 Å². The van der Waals surface area contributed by atoms with Crippen LogP contribution in [0.25, 0.3) is 0 Å². The van der Waals surface area contributed by atoms with Crippen molar-refractivity contribution in [1.82, 2.24) is 21.3 Å². The molecule has 0 unspecified atom stereocenters. The number of anilines is 2. The third kappa shape index (κ3) is 24.2. The van der Waals surface area contributed by atoms with Gasteiger partial charge in [0.1, 0.15) is 0 Å². The number of rotatable bonds is 19. The van der Waals surface area contributed by atoms with Crippen LogP contribution in [0.4, 0.5) is 11.4 Å². The lowest BCUT2D eigenvalue weighted by atomic mass is 10.1. The van der Waals surface area contributed by atoms with Crippen LogP contribution in [-0.4, -0.2) is 48.0 Å². The molecular weight excluding hydrogens is 651 g/mol. The van der Waals surface area contributed by atoms with Gasteiger partial charge < -0.3 is 26.4 Å². The zero-order chi connectivity index (χ0) is 35.4. The van der Waals surface area contributed by atoms with Gasteiger partial charge in [0.15, 0.2) is 23.8 Å². The van der Waals surface area contributed by atoms with Crippen LogP contribution in [0.3, 0.4) is 0 Å². The Balaban J connectivity index is 0.000000692. The summed E-state index contributed by atoms with van der Waals surface area (Å²) in [5.74, 6) is -0.547. The van der Waals surface area contributed by atoms with Gasteiger partial charge in [0.05, 0.1) is 0 Å². The normalized spacial score (nSPS) is 10.1. The number of hydrogen-bond acceptors (Lipinski definition) is 5. The molecule has 0 fully saturated rings. The van der Waals surface area contributed by atoms with Crippen LogP contribution in [0.5, 0.6) is 0 Å². The molecule has 14 heteroatoms. The summed E-state index contributed by atoms with van der Waals surface area (Å²) in [5, 5.41) is 57.9. The highest BCUT2D eigenvalue weighted by Gasteiger charge is 2.03. The molecule has 2 aromatic rings. The van der Waals surface area contributed by atoms with Crippen molar-refractivity contribution in [2.45, 2.75) is 96.8 Å². The van der Waals surface area contributed by atoms with Crippen LogP contribution in [0.1, 0.15) is 96.8 Å². The second kappa shape index (κ2) is 27.0. The summed E-state index contributed by atoms with van der Waals surface area (Å²) in [6.45, 7) is 3.47. The standard InChI is InChI=1S/C22H30Cl2N10.C12H24O2/c23-15-5-9-17(10-6-15)31-21(27)33-19(25)29-13-3-1-2-4-14-30-20(26)34-22(28)32-18-11-7-16(24)8-12-18;1-2-3-4-5-6-7-8-9-10-11-12(13)14/h5-12H,1-4,13-14H2,(H5,25,27,29,31,33)(H5,26,28,30,32,34);2-11H2,1H3,(H,13,14). The molecule has 12 nitrogen and oxygen atoms in total. The van der Waals surface area contributed by atoms with E-state index in [9.17, 15) is 4.79 Å². The van der Waals surface area contributed by atoms with Crippen LogP contribution in [0, 0.1) is 21.6 Å². The Hall–Kier alpha value is -4.03. The number of carboxylic acids is 1. The first-order valence-corrected chi connectivity index (χ1v) is 17.5. The van der Waals surface area contributed by atoms with Gasteiger partial charge in [-0.1, -0.05) is 94.3 Å². The smallest absolute Gasteiger partial charge is 0.303 e. The molecule has 0 saturated heterocycles. The monoisotopic (exact) mass is 704 g/mol. The van der Waals surface area contributed by atoms with E-state index in [1.807, 2.05) is 0 Å². The van der Waals surface area contributed by atoms with E-state index in [4.69, 9.17) is 49.9 Å². The predicted octanol–water partition coefficient (Wildman–Crippen LogP) is 8.17. The second-order valence-electron chi connectivity index (χ2n) is 11.3. The molecular formula is C34H54Cl2N10O2. The quantitative estimate of drug-likeness (QED) is 0.0390. The van der Waals surface area contributed by atoms with Crippen LogP contribution in [0.2, 0.25) is 10.0 Å². The molecule has 11 N–H and O–H groups in total. The Labute approximate surface area is 295 Å². The summed E-state index contributed by atoms with van der Waals surface area (Å²) in [5.41, 5.74) is 1.42. The van der Waals surface area contributed by atoms with E-state index >= 15 is 0 Å². The zero-order valence-corrected chi connectivity index (χ0v) is 29.6. The predicted molar refractivity (Wildman–Crippen MR) is 201 cm³/mol. The average Bonchev–Trinajstić information content (AvgIpc) is 3.04. The topological polar surface area (TPSA) is 205 Å². The van der Waals surface area contributed by atoms with Crippen molar-refractivity contribution in [2.24, 2.45) is 0 Å². The first kappa shape index (κ1) is 42.0. The number of hydrogen-bond donors (Lipinski definition) is 11. The van der Waals surface area contributed by atoms with E-state index in [2.05, 4.69) is 38.8 Å². The molecule has 0 aliphatic rings. The fraction of sp³-hybridized carbons (Fsp3) is 0.500. The minimum atomic E-state index is -0.659. The van der Waals surface area contributed by atoms with Gasteiger partial charge >= 0.3 is 5.97 Å². The lowest BCUT2D eigenvalue weighted by molar-refractivity contribution is -0.137. The highest BCUT2D eigenvalue weighted by atomic mass is 35.5. The summed E-state index contributed by atoms with van der Waals surface area (Å²) in [7, 11) is 0. The Morgan fingerprint density at radius 1 is 0.562 bits per heavy atom. The summed E-state index contributed by atoms with van der Waals surface area (Å²) in [6, 6.07) is 13.9. The van der Waals surface area contributed by atoms with Crippen molar-refractivity contribution in [3.8, 4) is 0 Å². The summed E-state index contributed by atoms with van der Waals surface area (Å²) in [4.78, 5) is 10.2.